The van der Waals surface area contributed by atoms with Crippen molar-refractivity contribution in [3.05, 3.63) is 29.8 Å². The third-order valence-electron chi connectivity index (χ3n) is 4.39. The highest BCUT2D eigenvalue weighted by atomic mass is 16.5. The second-order valence-corrected chi connectivity index (χ2v) is 5.89. The Kier molecular flexibility index (Phi) is 4.76. The van der Waals surface area contributed by atoms with Gasteiger partial charge in [-0.25, -0.2) is 4.79 Å². The summed E-state index contributed by atoms with van der Waals surface area (Å²) >= 11 is 0. The Balaban J connectivity index is 1.41. The van der Waals surface area contributed by atoms with Crippen molar-refractivity contribution >= 4 is 11.7 Å². The van der Waals surface area contributed by atoms with E-state index in [1.165, 1.54) is 24.8 Å². The minimum absolute atomic E-state index is 0.0320. The van der Waals surface area contributed by atoms with Crippen LogP contribution in [0.5, 0.6) is 0 Å². The molecule has 1 fully saturated rings. The van der Waals surface area contributed by atoms with Gasteiger partial charge in [-0.15, -0.1) is 0 Å². The Morgan fingerprint density at radius 2 is 2.24 bits per heavy atom. The van der Waals surface area contributed by atoms with Crippen LogP contribution in [-0.2, 0) is 11.2 Å². The number of fused-ring (bicyclic) bond motifs is 1. The van der Waals surface area contributed by atoms with E-state index in [1.54, 1.807) is 0 Å². The molecule has 2 heterocycles. The Labute approximate surface area is 126 Å². The summed E-state index contributed by atoms with van der Waals surface area (Å²) in [5, 5.41) is 3.04. The first kappa shape index (κ1) is 14.4. The highest BCUT2D eigenvalue weighted by Crippen LogP contribution is 2.27. The number of rotatable bonds is 4. The maximum atomic E-state index is 12.2. The lowest BCUT2D eigenvalue weighted by atomic mass is 10.0. The van der Waals surface area contributed by atoms with Crippen LogP contribution in [-0.4, -0.2) is 31.8 Å². The van der Waals surface area contributed by atoms with Crippen molar-refractivity contribution in [2.45, 2.75) is 44.6 Å². The van der Waals surface area contributed by atoms with Crippen LogP contribution in [0.1, 0.15) is 37.7 Å². The average Bonchev–Trinajstić information content (AvgIpc) is 2.96. The fourth-order valence-corrected chi connectivity index (χ4v) is 3.20. The number of amides is 2. The number of carbonyl (C=O) groups excluding carboxylic acids is 1. The first-order valence-electron chi connectivity index (χ1n) is 8.09. The van der Waals surface area contributed by atoms with Gasteiger partial charge in [-0.1, -0.05) is 18.2 Å². The Morgan fingerprint density at radius 1 is 1.33 bits per heavy atom. The van der Waals surface area contributed by atoms with Gasteiger partial charge in [0.15, 0.2) is 0 Å². The van der Waals surface area contributed by atoms with E-state index in [-0.39, 0.29) is 6.03 Å². The second kappa shape index (κ2) is 6.94. The molecule has 1 saturated heterocycles. The number of nitrogens with one attached hydrogen (secondary N) is 1. The maximum absolute atomic E-state index is 12.2. The molecule has 4 nitrogen and oxygen atoms in total. The summed E-state index contributed by atoms with van der Waals surface area (Å²) < 4.78 is 5.71. The molecule has 0 radical (unpaired) electrons. The van der Waals surface area contributed by atoms with Crippen LogP contribution in [0.3, 0.4) is 0 Å². The molecule has 1 atom stereocenters. The molecular weight excluding hydrogens is 264 g/mol. The zero-order chi connectivity index (χ0) is 14.5. The van der Waals surface area contributed by atoms with E-state index in [0.29, 0.717) is 6.10 Å². The summed E-state index contributed by atoms with van der Waals surface area (Å²) in [6, 6.07) is 8.18. The van der Waals surface area contributed by atoms with Gasteiger partial charge in [0, 0.05) is 25.4 Å². The van der Waals surface area contributed by atoms with Gasteiger partial charge in [-0.2, -0.15) is 0 Å². The minimum Gasteiger partial charge on any atom is -0.378 e. The molecule has 3 rings (SSSR count). The molecule has 0 unspecified atom stereocenters. The van der Waals surface area contributed by atoms with Crippen molar-refractivity contribution in [3.8, 4) is 0 Å². The normalized spacial score (nSPS) is 21.1. The molecule has 2 aliphatic heterocycles. The molecule has 0 bridgehead atoms. The van der Waals surface area contributed by atoms with Gasteiger partial charge in [-0.3, -0.25) is 4.90 Å². The smallest absolute Gasteiger partial charge is 0.321 e. The zero-order valence-corrected chi connectivity index (χ0v) is 12.5. The number of para-hydroxylation sites is 1. The molecule has 0 aliphatic carbocycles. The number of hydrogen-bond acceptors (Lipinski definition) is 2. The van der Waals surface area contributed by atoms with Crippen LogP contribution in [0, 0.1) is 0 Å². The second-order valence-electron chi connectivity index (χ2n) is 5.89. The third kappa shape index (κ3) is 3.56. The lowest BCUT2D eigenvalue weighted by molar-refractivity contribution is 0.0103. The number of hydrogen-bond donors (Lipinski definition) is 1. The number of nitrogens with zero attached hydrogens (tertiary/aromatic N) is 1. The summed E-state index contributed by atoms with van der Waals surface area (Å²) in [5.41, 5.74) is 2.33. The van der Waals surface area contributed by atoms with Crippen LogP contribution < -0.4 is 10.2 Å². The molecule has 21 heavy (non-hydrogen) atoms. The number of carbonyl (C=O) groups is 1. The molecule has 1 aromatic carbocycles. The predicted octanol–water partition coefficient (Wildman–Crippen LogP) is 3.11. The summed E-state index contributed by atoms with van der Waals surface area (Å²) in [4.78, 5) is 14.1. The molecule has 1 aromatic rings. The summed E-state index contributed by atoms with van der Waals surface area (Å²) in [7, 11) is 0. The van der Waals surface area contributed by atoms with E-state index < -0.39 is 0 Å². The summed E-state index contributed by atoms with van der Waals surface area (Å²) in [5.74, 6) is 0. The van der Waals surface area contributed by atoms with Gasteiger partial charge in [-0.05, 0) is 50.2 Å². The monoisotopic (exact) mass is 288 g/mol. The molecule has 0 saturated carbocycles. The van der Waals surface area contributed by atoms with Crippen LogP contribution in [0.2, 0.25) is 0 Å². The Hall–Kier alpha value is -1.55. The fourth-order valence-electron chi connectivity index (χ4n) is 3.20. The highest BCUT2D eigenvalue weighted by Gasteiger charge is 2.23. The zero-order valence-electron chi connectivity index (χ0n) is 12.5. The molecule has 0 aromatic heterocycles. The topological polar surface area (TPSA) is 41.6 Å². The molecule has 2 aliphatic rings. The van der Waals surface area contributed by atoms with E-state index in [0.717, 1.165) is 44.6 Å². The average molecular weight is 288 g/mol. The fraction of sp³-hybridized carbons (Fsp3) is 0.588. The van der Waals surface area contributed by atoms with Gasteiger partial charge in [0.2, 0.25) is 0 Å². The number of anilines is 1. The van der Waals surface area contributed by atoms with Crippen molar-refractivity contribution in [1.82, 2.24) is 5.32 Å². The minimum atomic E-state index is 0.0320. The predicted molar refractivity (Wildman–Crippen MR) is 83.7 cm³/mol. The van der Waals surface area contributed by atoms with Crippen LogP contribution >= 0.6 is 0 Å². The van der Waals surface area contributed by atoms with Crippen LogP contribution in [0.25, 0.3) is 0 Å². The van der Waals surface area contributed by atoms with Gasteiger partial charge in [0.25, 0.3) is 0 Å². The van der Waals surface area contributed by atoms with Crippen molar-refractivity contribution in [2.24, 2.45) is 0 Å². The van der Waals surface area contributed by atoms with Crippen molar-refractivity contribution in [3.63, 3.8) is 0 Å². The first-order chi connectivity index (χ1) is 10.3. The molecular formula is C17H24N2O2. The Morgan fingerprint density at radius 3 is 3.10 bits per heavy atom. The maximum Gasteiger partial charge on any atom is 0.321 e. The standard InChI is InChI=1S/C17H24N2O2/c20-17(18-11-5-8-15-7-3-4-13-21-15)19-12-10-14-6-1-2-9-16(14)19/h1-2,6,9,15H,3-5,7-8,10-13H2,(H,18,20)/t15-/m1/s1. The van der Waals surface area contributed by atoms with E-state index in [2.05, 4.69) is 11.4 Å². The van der Waals surface area contributed by atoms with E-state index in [1.807, 2.05) is 23.1 Å². The summed E-state index contributed by atoms with van der Waals surface area (Å²) in [6.07, 6.45) is 7.06. The quantitative estimate of drug-likeness (QED) is 0.865. The van der Waals surface area contributed by atoms with Crippen molar-refractivity contribution in [1.29, 1.82) is 0 Å². The third-order valence-corrected chi connectivity index (χ3v) is 4.39. The van der Waals surface area contributed by atoms with Gasteiger partial charge < -0.3 is 10.1 Å². The molecule has 1 N–H and O–H groups in total. The van der Waals surface area contributed by atoms with E-state index >= 15 is 0 Å². The van der Waals surface area contributed by atoms with E-state index in [4.69, 9.17) is 4.74 Å². The highest BCUT2D eigenvalue weighted by molar-refractivity contribution is 5.94. The van der Waals surface area contributed by atoms with Gasteiger partial charge in [0.1, 0.15) is 0 Å². The van der Waals surface area contributed by atoms with Crippen LogP contribution in [0.4, 0.5) is 10.5 Å². The van der Waals surface area contributed by atoms with Crippen LogP contribution in [0.15, 0.2) is 24.3 Å². The largest absolute Gasteiger partial charge is 0.378 e. The molecule has 4 heteroatoms. The number of benzene rings is 1. The molecule has 114 valence electrons. The first-order valence-corrected chi connectivity index (χ1v) is 8.09. The molecule has 2 amide bonds. The van der Waals surface area contributed by atoms with Gasteiger partial charge in [0.05, 0.1) is 6.10 Å². The van der Waals surface area contributed by atoms with E-state index in [9.17, 15) is 4.79 Å². The Bertz CT molecular complexity index is 483. The van der Waals surface area contributed by atoms with Crippen molar-refractivity contribution in [2.75, 3.05) is 24.6 Å². The molecule has 0 spiro atoms. The SMILES string of the molecule is O=C(NCCC[C@H]1CCCCO1)N1CCc2ccccc21. The number of urea groups is 1. The number of ether oxygens (including phenoxy) is 1. The lowest BCUT2D eigenvalue weighted by Crippen LogP contribution is -2.39. The lowest BCUT2D eigenvalue weighted by Gasteiger charge is -2.23. The summed E-state index contributed by atoms with van der Waals surface area (Å²) in [6.45, 7) is 2.43. The van der Waals surface area contributed by atoms with Gasteiger partial charge >= 0.3 is 6.03 Å². The van der Waals surface area contributed by atoms with Crippen molar-refractivity contribution < 1.29 is 9.53 Å².